The molecule has 168 valence electrons. The molecule has 2 fully saturated rings. The number of nitrogens with one attached hydrogen (secondary N) is 1. The van der Waals surface area contributed by atoms with Crippen LogP contribution in [0.3, 0.4) is 0 Å². The van der Waals surface area contributed by atoms with Crippen LogP contribution < -0.4 is 10.1 Å². The zero-order valence-electron chi connectivity index (χ0n) is 17.9. The lowest BCUT2D eigenvalue weighted by Crippen LogP contribution is -2.46. The number of Topliss-reactive ketones (excluding diaryl/α,β-unsaturated/α-hetero) is 1. The van der Waals surface area contributed by atoms with Crippen LogP contribution in [0.1, 0.15) is 17.2 Å². The Morgan fingerprint density at radius 3 is 2.44 bits per heavy atom. The van der Waals surface area contributed by atoms with Crippen LogP contribution in [0.25, 0.3) is 5.76 Å². The van der Waals surface area contributed by atoms with E-state index in [1.165, 1.54) is 18.1 Å². The number of ketones is 1. The van der Waals surface area contributed by atoms with E-state index in [0.29, 0.717) is 17.9 Å². The fourth-order valence-corrected chi connectivity index (χ4v) is 4.22. The van der Waals surface area contributed by atoms with Gasteiger partial charge < -0.3 is 20.1 Å². The van der Waals surface area contributed by atoms with Crippen molar-refractivity contribution in [3.8, 4) is 5.75 Å². The number of ether oxygens (including phenoxy) is 1. The van der Waals surface area contributed by atoms with Gasteiger partial charge in [0.25, 0.3) is 11.7 Å². The Bertz CT molecular complexity index is 1030. The Labute approximate surface area is 186 Å². The van der Waals surface area contributed by atoms with Crippen LogP contribution >= 0.6 is 0 Å². The maximum absolute atomic E-state index is 14.8. The summed E-state index contributed by atoms with van der Waals surface area (Å²) in [5.41, 5.74) is 0.430. The van der Waals surface area contributed by atoms with Crippen LogP contribution in [-0.4, -0.2) is 73.0 Å². The van der Waals surface area contributed by atoms with Crippen LogP contribution in [0.4, 0.5) is 4.39 Å². The number of hydrogen-bond donors (Lipinski definition) is 2. The zero-order chi connectivity index (χ0) is 22.7. The molecule has 2 N–H and O–H groups in total. The Morgan fingerprint density at radius 1 is 1.09 bits per heavy atom. The van der Waals surface area contributed by atoms with Crippen molar-refractivity contribution < 1.29 is 23.8 Å². The van der Waals surface area contributed by atoms with Crippen LogP contribution in [0.15, 0.2) is 54.1 Å². The van der Waals surface area contributed by atoms with Crippen molar-refractivity contribution in [2.75, 3.05) is 46.4 Å². The molecule has 4 rings (SSSR count). The molecule has 0 aliphatic carbocycles. The maximum Gasteiger partial charge on any atom is 0.295 e. The van der Waals surface area contributed by atoms with E-state index < -0.39 is 23.5 Å². The van der Waals surface area contributed by atoms with Crippen LogP contribution in [0, 0.1) is 5.82 Å². The molecule has 2 saturated heterocycles. The summed E-state index contributed by atoms with van der Waals surface area (Å²) < 4.78 is 20.0. The molecule has 2 heterocycles. The van der Waals surface area contributed by atoms with Gasteiger partial charge >= 0.3 is 0 Å². The van der Waals surface area contributed by atoms with Crippen molar-refractivity contribution >= 4 is 17.4 Å². The first-order chi connectivity index (χ1) is 15.5. The number of carbonyl (C=O) groups excluding carboxylic acids is 2. The second kappa shape index (κ2) is 9.50. The van der Waals surface area contributed by atoms with Crippen LogP contribution in [-0.2, 0) is 9.59 Å². The van der Waals surface area contributed by atoms with Crippen molar-refractivity contribution in [3.05, 3.63) is 71.0 Å². The van der Waals surface area contributed by atoms with E-state index in [1.807, 2.05) is 0 Å². The van der Waals surface area contributed by atoms with Crippen LogP contribution in [0.2, 0.25) is 0 Å². The molecule has 2 aromatic rings. The van der Waals surface area contributed by atoms with Crippen molar-refractivity contribution in [2.24, 2.45) is 0 Å². The fourth-order valence-electron chi connectivity index (χ4n) is 4.22. The highest BCUT2D eigenvalue weighted by atomic mass is 19.1. The van der Waals surface area contributed by atoms with E-state index in [2.05, 4.69) is 10.2 Å². The number of rotatable bonds is 6. The second-order valence-corrected chi connectivity index (χ2v) is 7.83. The van der Waals surface area contributed by atoms with Gasteiger partial charge in [0.05, 0.1) is 18.7 Å². The van der Waals surface area contributed by atoms with Gasteiger partial charge in [-0.3, -0.25) is 14.5 Å². The average molecular weight is 439 g/mol. The van der Waals surface area contributed by atoms with Crippen molar-refractivity contribution in [3.63, 3.8) is 0 Å². The molecule has 0 aromatic heterocycles. The molecule has 2 aromatic carbocycles. The molecular weight excluding hydrogens is 413 g/mol. The van der Waals surface area contributed by atoms with E-state index in [1.54, 1.807) is 42.5 Å². The number of hydrogen-bond acceptors (Lipinski definition) is 6. The van der Waals surface area contributed by atoms with E-state index in [4.69, 9.17) is 4.74 Å². The standard InChI is InChI=1S/C24H26FN3O4/c1-32-17-8-6-16(7-9-17)22(29)20-21(18-4-2-3-5-19(18)25)28(24(31)23(20)30)15-14-27-12-10-26-11-13-27/h2-9,21,26,29H,10-15H2,1H3/b22-20+/t21-/m0/s1. The summed E-state index contributed by atoms with van der Waals surface area (Å²) in [6.07, 6.45) is 0. The summed E-state index contributed by atoms with van der Waals surface area (Å²) in [7, 11) is 1.52. The summed E-state index contributed by atoms with van der Waals surface area (Å²) in [6.45, 7) is 4.19. The predicted octanol–water partition coefficient (Wildman–Crippen LogP) is 2.16. The first-order valence-electron chi connectivity index (χ1n) is 10.6. The number of amides is 1. The van der Waals surface area contributed by atoms with Crippen molar-refractivity contribution in [2.45, 2.75) is 6.04 Å². The molecule has 1 amide bonds. The quantitative estimate of drug-likeness (QED) is 0.408. The largest absolute Gasteiger partial charge is 0.507 e. The van der Waals surface area contributed by atoms with E-state index in [0.717, 1.165) is 26.2 Å². The third kappa shape index (κ3) is 4.24. The number of nitrogens with zero attached hydrogens (tertiary/aromatic N) is 2. The number of piperazine rings is 1. The van der Waals surface area contributed by atoms with E-state index >= 15 is 0 Å². The van der Waals surface area contributed by atoms with Gasteiger partial charge in [0.2, 0.25) is 0 Å². The summed E-state index contributed by atoms with van der Waals surface area (Å²) in [5, 5.41) is 14.3. The molecule has 8 heteroatoms. The van der Waals surface area contributed by atoms with Gasteiger partial charge in [0, 0.05) is 50.4 Å². The molecule has 0 unspecified atom stereocenters. The molecule has 7 nitrogen and oxygen atoms in total. The summed E-state index contributed by atoms with van der Waals surface area (Å²) >= 11 is 0. The predicted molar refractivity (Wildman–Crippen MR) is 118 cm³/mol. The molecule has 0 saturated carbocycles. The summed E-state index contributed by atoms with van der Waals surface area (Å²) in [6, 6.07) is 11.5. The number of benzene rings is 2. The topological polar surface area (TPSA) is 82.1 Å². The Balaban J connectivity index is 1.74. The van der Waals surface area contributed by atoms with Crippen molar-refractivity contribution in [1.82, 2.24) is 15.1 Å². The van der Waals surface area contributed by atoms with E-state index in [9.17, 15) is 19.1 Å². The second-order valence-electron chi connectivity index (χ2n) is 7.83. The number of aliphatic hydroxyl groups is 1. The number of halogens is 1. The minimum absolute atomic E-state index is 0.106. The number of carbonyl (C=O) groups is 2. The third-order valence-electron chi connectivity index (χ3n) is 5.97. The molecule has 32 heavy (non-hydrogen) atoms. The highest BCUT2D eigenvalue weighted by molar-refractivity contribution is 6.46. The molecule has 1 atom stereocenters. The van der Waals surface area contributed by atoms with Crippen molar-refractivity contribution in [1.29, 1.82) is 0 Å². The normalized spacial score (nSPS) is 21.2. The minimum Gasteiger partial charge on any atom is -0.507 e. The minimum atomic E-state index is -0.999. The number of aliphatic hydroxyl groups excluding tert-OH is 1. The van der Waals surface area contributed by atoms with Gasteiger partial charge in [-0.25, -0.2) is 4.39 Å². The average Bonchev–Trinajstić information content (AvgIpc) is 3.08. The third-order valence-corrected chi connectivity index (χ3v) is 5.97. The Morgan fingerprint density at radius 2 is 1.78 bits per heavy atom. The molecule has 2 aliphatic heterocycles. The monoisotopic (exact) mass is 439 g/mol. The lowest BCUT2D eigenvalue weighted by molar-refractivity contribution is -0.140. The number of methoxy groups -OCH3 is 1. The Kier molecular flexibility index (Phi) is 6.53. The molecule has 0 bridgehead atoms. The van der Waals surface area contributed by atoms with Gasteiger partial charge in [-0.2, -0.15) is 0 Å². The van der Waals surface area contributed by atoms with Gasteiger partial charge in [-0.15, -0.1) is 0 Å². The first-order valence-corrected chi connectivity index (χ1v) is 10.6. The summed E-state index contributed by atoms with van der Waals surface area (Å²) in [5.74, 6) is -1.82. The lowest BCUT2D eigenvalue weighted by Gasteiger charge is -2.31. The van der Waals surface area contributed by atoms with Crippen LogP contribution in [0.5, 0.6) is 5.75 Å². The molecule has 0 spiro atoms. The van der Waals surface area contributed by atoms with Gasteiger partial charge in [0.15, 0.2) is 0 Å². The smallest absolute Gasteiger partial charge is 0.295 e. The number of likely N-dealkylation sites (tertiary alicyclic amines) is 1. The van der Waals surface area contributed by atoms with Gasteiger partial charge in [-0.05, 0) is 30.3 Å². The first kappa shape index (κ1) is 22.0. The fraction of sp³-hybridized carbons (Fsp3) is 0.333. The highest BCUT2D eigenvalue weighted by Gasteiger charge is 2.46. The molecule has 2 aliphatic rings. The van der Waals surface area contributed by atoms with E-state index in [-0.39, 0.29) is 23.4 Å². The van der Waals surface area contributed by atoms with Gasteiger partial charge in [-0.1, -0.05) is 18.2 Å². The summed E-state index contributed by atoms with van der Waals surface area (Å²) in [4.78, 5) is 29.6. The SMILES string of the molecule is COc1ccc(/C(O)=C2\C(=O)C(=O)N(CCN3CCNCC3)[C@H]2c2ccccc2F)cc1. The highest BCUT2D eigenvalue weighted by Crippen LogP contribution is 2.40. The lowest BCUT2D eigenvalue weighted by atomic mass is 9.95. The van der Waals surface area contributed by atoms with Gasteiger partial charge in [0.1, 0.15) is 17.3 Å². The Hall–Kier alpha value is -3.23. The zero-order valence-corrected chi connectivity index (χ0v) is 17.9. The maximum atomic E-state index is 14.8. The molecular formula is C24H26FN3O4. The molecule has 0 radical (unpaired) electrons.